The van der Waals surface area contributed by atoms with E-state index in [2.05, 4.69) is 47.4 Å². The first-order valence-electron chi connectivity index (χ1n) is 11.2. The summed E-state index contributed by atoms with van der Waals surface area (Å²) in [4.78, 5) is 14.8. The SMILES string of the molecule is CCCC[C@H]1CN(CCNC(=O)CCc2c(C)nn(C)c2C)Cc2ccccc2O1. The number of nitrogens with one attached hydrogen (secondary N) is 1. The summed E-state index contributed by atoms with van der Waals surface area (Å²) in [7, 11) is 1.95. The normalized spacial score (nSPS) is 16.6. The number of carbonyl (C=O) groups is 1. The van der Waals surface area contributed by atoms with Gasteiger partial charge in [-0.25, -0.2) is 0 Å². The van der Waals surface area contributed by atoms with Gasteiger partial charge in [0.25, 0.3) is 0 Å². The van der Waals surface area contributed by atoms with Crippen LogP contribution in [-0.2, 0) is 24.8 Å². The maximum Gasteiger partial charge on any atom is 0.220 e. The van der Waals surface area contributed by atoms with Gasteiger partial charge in [0.2, 0.25) is 5.91 Å². The van der Waals surface area contributed by atoms with E-state index in [1.165, 1.54) is 24.0 Å². The molecule has 1 amide bonds. The molecule has 2 aromatic rings. The van der Waals surface area contributed by atoms with E-state index in [-0.39, 0.29) is 12.0 Å². The number of nitrogens with zero attached hydrogens (tertiary/aromatic N) is 3. The van der Waals surface area contributed by atoms with E-state index in [1.807, 2.05) is 24.7 Å². The second kappa shape index (κ2) is 10.6. The summed E-state index contributed by atoms with van der Waals surface area (Å²) in [6.45, 7) is 9.53. The molecule has 0 radical (unpaired) electrons. The Labute approximate surface area is 180 Å². The van der Waals surface area contributed by atoms with Gasteiger partial charge in [-0.05, 0) is 44.7 Å². The average Bonchev–Trinajstić information content (AvgIpc) is 2.88. The highest BCUT2D eigenvalue weighted by Crippen LogP contribution is 2.26. The third kappa shape index (κ3) is 5.85. The van der Waals surface area contributed by atoms with Gasteiger partial charge in [-0.3, -0.25) is 14.4 Å². The van der Waals surface area contributed by atoms with E-state index in [9.17, 15) is 4.79 Å². The standard InChI is InChI=1S/C24H36N4O2/c1-5-6-10-21-17-28(16-20-9-7-8-11-23(20)30-21)15-14-25-24(29)13-12-22-18(2)26-27(4)19(22)3/h7-9,11,21H,5-6,10,12-17H2,1-4H3,(H,25,29)/t21-/m0/s1. The van der Waals surface area contributed by atoms with E-state index in [0.29, 0.717) is 13.0 Å². The quantitative estimate of drug-likeness (QED) is 0.684. The molecule has 1 aliphatic heterocycles. The summed E-state index contributed by atoms with van der Waals surface area (Å²) >= 11 is 0. The Morgan fingerprint density at radius 1 is 1.30 bits per heavy atom. The molecule has 30 heavy (non-hydrogen) atoms. The predicted octanol–water partition coefficient (Wildman–Crippen LogP) is 3.54. The highest BCUT2D eigenvalue weighted by atomic mass is 16.5. The van der Waals surface area contributed by atoms with Crippen LogP contribution in [0, 0.1) is 13.8 Å². The molecule has 3 rings (SSSR count). The first kappa shape index (κ1) is 22.3. The van der Waals surface area contributed by atoms with Gasteiger partial charge in [-0.2, -0.15) is 5.10 Å². The van der Waals surface area contributed by atoms with Crippen LogP contribution in [0.3, 0.4) is 0 Å². The lowest BCUT2D eigenvalue weighted by Crippen LogP contribution is -2.38. The molecular weight excluding hydrogens is 376 g/mol. The fourth-order valence-corrected chi connectivity index (χ4v) is 4.17. The fraction of sp³-hybridized carbons (Fsp3) is 0.583. The molecule has 0 saturated carbocycles. The van der Waals surface area contributed by atoms with Crippen LogP contribution in [0.5, 0.6) is 5.75 Å². The third-order valence-electron chi connectivity index (χ3n) is 6.01. The van der Waals surface area contributed by atoms with Crippen LogP contribution < -0.4 is 10.1 Å². The Morgan fingerprint density at radius 2 is 2.10 bits per heavy atom. The minimum Gasteiger partial charge on any atom is -0.489 e. The third-order valence-corrected chi connectivity index (χ3v) is 6.01. The van der Waals surface area contributed by atoms with Crippen molar-refractivity contribution >= 4 is 5.91 Å². The van der Waals surface area contributed by atoms with Gasteiger partial charge in [0.05, 0.1) is 5.69 Å². The molecule has 0 bridgehead atoms. The summed E-state index contributed by atoms with van der Waals surface area (Å²) < 4.78 is 8.18. The number of aryl methyl sites for hydroxylation is 2. The number of hydrogen-bond acceptors (Lipinski definition) is 4. The molecular formula is C24H36N4O2. The molecule has 1 N–H and O–H groups in total. The molecule has 1 atom stereocenters. The number of aromatic nitrogens is 2. The maximum atomic E-state index is 12.4. The molecule has 0 aliphatic carbocycles. The number of carbonyl (C=O) groups excluding carboxylic acids is 1. The highest BCUT2D eigenvalue weighted by molar-refractivity contribution is 5.76. The maximum absolute atomic E-state index is 12.4. The lowest BCUT2D eigenvalue weighted by Gasteiger charge is -2.24. The lowest BCUT2D eigenvalue weighted by molar-refractivity contribution is -0.121. The largest absolute Gasteiger partial charge is 0.489 e. The smallest absolute Gasteiger partial charge is 0.220 e. The summed E-state index contributed by atoms with van der Waals surface area (Å²) in [6.07, 6.45) is 4.86. The predicted molar refractivity (Wildman–Crippen MR) is 120 cm³/mol. The molecule has 6 nitrogen and oxygen atoms in total. The molecule has 6 heteroatoms. The highest BCUT2D eigenvalue weighted by Gasteiger charge is 2.22. The van der Waals surface area contributed by atoms with Crippen molar-refractivity contribution in [2.75, 3.05) is 19.6 Å². The summed E-state index contributed by atoms with van der Waals surface area (Å²) in [5.74, 6) is 1.11. The number of amides is 1. The number of ether oxygens (including phenoxy) is 1. The number of rotatable bonds is 9. The van der Waals surface area contributed by atoms with Gasteiger partial charge in [0, 0.05) is 50.9 Å². The number of benzene rings is 1. The van der Waals surface area contributed by atoms with Crippen molar-refractivity contribution < 1.29 is 9.53 Å². The van der Waals surface area contributed by atoms with Crippen LogP contribution in [0.2, 0.25) is 0 Å². The first-order valence-corrected chi connectivity index (χ1v) is 11.2. The molecule has 0 unspecified atom stereocenters. The summed E-state index contributed by atoms with van der Waals surface area (Å²) in [6, 6.07) is 8.32. The molecule has 1 aliphatic rings. The van der Waals surface area contributed by atoms with Crippen molar-refractivity contribution in [2.45, 2.75) is 65.5 Å². The second-order valence-electron chi connectivity index (χ2n) is 8.35. The van der Waals surface area contributed by atoms with Crippen LogP contribution in [0.25, 0.3) is 0 Å². The van der Waals surface area contributed by atoms with Crippen LogP contribution >= 0.6 is 0 Å². The van der Waals surface area contributed by atoms with Crippen LogP contribution in [0.1, 0.15) is 55.1 Å². The van der Waals surface area contributed by atoms with E-state index >= 15 is 0 Å². The Hall–Kier alpha value is -2.34. The Bertz CT molecular complexity index is 846. The van der Waals surface area contributed by atoms with Crippen molar-refractivity contribution in [2.24, 2.45) is 7.05 Å². The number of para-hydroxylation sites is 1. The van der Waals surface area contributed by atoms with Crippen LogP contribution in [-0.4, -0.2) is 46.3 Å². The van der Waals surface area contributed by atoms with Gasteiger partial charge in [-0.15, -0.1) is 0 Å². The minimum atomic E-state index is 0.103. The number of hydrogen-bond donors (Lipinski definition) is 1. The van der Waals surface area contributed by atoms with E-state index in [1.54, 1.807) is 0 Å². The van der Waals surface area contributed by atoms with E-state index < -0.39 is 0 Å². The van der Waals surface area contributed by atoms with Gasteiger partial charge in [-0.1, -0.05) is 31.5 Å². The molecule has 0 saturated heterocycles. The first-order chi connectivity index (χ1) is 14.5. The summed E-state index contributed by atoms with van der Waals surface area (Å²) in [5.41, 5.74) is 4.57. The van der Waals surface area contributed by atoms with Gasteiger partial charge < -0.3 is 10.1 Å². The van der Waals surface area contributed by atoms with E-state index in [0.717, 1.165) is 49.6 Å². The zero-order chi connectivity index (χ0) is 21.5. The molecule has 1 aromatic carbocycles. The van der Waals surface area contributed by atoms with Crippen molar-refractivity contribution in [1.29, 1.82) is 0 Å². The Kier molecular flexibility index (Phi) is 7.91. The van der Waals surface area contributed by atoms with Crippen LogP contribution in [0.15, 0.2) is 24.3 Å². The molecule has 1 aromatic heterocycles. The Balaban J connectivity index is 1.49. The van der Waals surface area contributed by atoms with Crippen molar-refractivity contribution in [3.05, 3.63) is 46.8 Å². The van der Waals surface area contributed by atoms with Crippen LogP contribution in [0.4, 0.5) is 0 Å². The molecule has 164 valence electrons. The van der Waals surface area contributed by atoms with Crippen molar-refractivity contribution in [3.8, 4) is 5.75 Å². The summed E-state index contributed by atoms with van der Waals surface area (Å²) in [5, 5.41) is 7.53. The number of unbranched alkanes of at least 4 members (excludes halogenated alkanes) is 1. The number of fused-ring (bicyclic) bond motifs is 1. The zero-order valence-corrected chi connectivity index (χ0v) is 18.9. The fourth-order valence-electron chi connectivity index (χ4n) is 4.17. The zero-order valence-electron chi connectivity index (χ0n) is 18.9. The van der Waals surface area contributed by atoms with Crippen molar-refractivity contribution in [3.63, 3.8) is 0 Å². The monoisotopic (exact) mass is 412 g/mol. The average molecular weight is 413 g/mol. The molecule has 0 spiro atoms. The Morgan fingerprint density at radius 3 is 2.83 bits per heavy atom. The van der Waals surface area contributed by atoms with Gasteiger partial charge >= 0.3 is 0 Å². The van der Waals surface area contributed by atoms with Crippen molar-refractivity contribution in [1.82, 2.24) is 20.0 Å². The molecule has 2 heterocycles. The van der Waals surface area contributed by atoms with E-state index in [4.69, 9.17) is 4.74 Å². The van der Waals surface area contributed by atoms with Gasteiger partial charge in [0.15, 0.2) is 0 Å². The lowest BCUT2D eigenvalue weighted by atomic mass is 10.1. The minimum absolute atomic E-state index is 0.103. The molecule has 0 fully saturated rings. The van der Waals surface area contributed by atoms with Gasteiger partial charge in [0.1, 0.15) is 11.9 Å². The second-order valence-corrected chi connectivity index (χ2v) is 8.35. The topological polar surface area (TPSA) is 59.4 Å².